The first-order valence-corrected chi connectivity index (χ1v) is 10.5. The molecule has 0 bridgehead atoms. The first-order valence-electron chi connectivity index (χ1n) is 9.15. The van der Waals surface area contributed by atoms with Crippen LogP contribution in [0.5, 0.6) is 0 Å². The van der Waals surface area contributed by atoms with Crippen LogP contribution in [0.1, 0.15) is 18.9 Å². The van der Waals surface area contributed by atoms with Gasteiger partial charge in [-0.15, -0.1) is 10.2 Å². The van der Waals surface area contributed by atoms with Crippen LogP contribution in [0, 0.1) is 0 Å². The Morgan fingerprint density at radius 3 is 2.61 bits per heavy atom. The van der Waals surface area contributed by atoms with E-state index >= 15 is 0 Å². The predicted molar refractivity (Wildman–Crippen MR) is 115 cm³/mol. The highest BCUT2D eigenvalue weighted by Crippen LogP contribution is 2.28. The van der Waals surface area contributed by atoms with Crippen LogP contribution in [0.2, 0.25) is 5.02 Å². The topological polar surface area (TPSA) is 59.8 Å². The van der Waals surface area contributed by atoms with Gasteiger partial charge in [-0.25, -0.2) is 0 Å². The molecule has 0 aliphatic rings. The number of nitrogens with one attached hydrogen (secondary N) is 1. The van der Waals surface area contributed by atoms with E-state index < -0.39 is 0 Å². The van der Waals surface area contributed by atoms with E-state index in [0.717, 1.165) is 18.4 Å². The lowest BCUT2D eigenvalue weighted by Gasteiger charge is -2.13. The minimum atomic E-state index is -0.00662. The van der Waals surface area contributed by atoms with Gasteiger partial charge in [-0.3, -0.25) is 4.79 Å². The number of nitrogens with zero attached hydrogens (tertiary/aromatic N) is 3. The van der Waals surface area contributed by atoms with Gasteiger partial charge in [-0.1, -0.05) is 65.8 Å². The number of hydrogen-bond acceptors (Lipinski definition) is 4. The number of rotatable bonds is 8. The van der Waals surface area contributed by atoms with Crippen LogP contribution in [0.3, 0.4) is 0 Å². The molecule has 1 heterocycles. The van der Waals surface area contributed by atoms with Crippen molar-refractivity contribution in [2.75, 3.05) is 5.75 Å². The Kier molecular flexibility index (Phi) is 7.12. The van der Waals surface area contributed by atoms with E-state index in [1.165, 1.54) is 17.3 Å². The molecule has 3 aromatic rings. The van der Waals surface area contributed by atoms with Gasteiger partial charge in [-0.2, -0.15) is 0 Å². The third-order valence-electron chi connectivity index (χ3n) is 4.40. The summed E-state index contributed by atoms with van der Waals surface area (Å²) < 4.78 is 1.86. The van der Waals surface area contributed by atoms with Crippen LogP contribution in [0.4, 0.5) is 0 Å². The molecule has 0 saturated carbocycles. The summed E-state index contributed by atoms with van der Waals surface area (Å²) in [6, 6.07) is 17.9. The highest BCUT2D eigenvalue weighted by Gasteiger charge is 2.15. The molecular formula is C21H23ClN4OS. The molecule has 0 radical (unpaired) electrons. The number of halogens is 1. The summed E-state index contributed by atoms with van der Waals surface area (Å²) in [4.78, 5) is 12.3. The smallest absolute Gasteiger partial charge is 0.230 e. The van der Waals surface area contributed by atoms with Crippen molar-refractivity contribution in [2.45, 2.75) is 31.0 Å². The van der Waals surface area contributed by atoms with Crippen molar-refractivity contribution in [1.82, 2.24) is 20.1 Å². The Morgan fingerprint density at radius 2 is 1.86 bits per heavy atom. The normalized spacial score (nSPS) is 12.0. The number of thioether (sulfide) groups is 1. The van der Waals surface area contributed by atoms with E-state index in [-0.39, 0.29) is 11.9 Å². The van der Waals surface area contributed by atoms with E-state index in [4.69, 9.17) is 11.6 Å². The first kappa shape index (κ1) is 20.4. The highest BCUT2D eigenvalue weighted by molar-refractivity contribution is 7.99. The molecule has 1 amide bonds. The third-order valence-corrected chi connectivity index (χ3v) is 5.75. The monoisotopic (exact) mass is 414 g/mol. The fraction of sp³-hybridized carbons (Fsp3) is 0.286. The zero-order valence-electron chi connectivity index (χ0n) is 15.9. The molecule has 2 aromatic carbocycles. The lowest BCUT2D eigenvalue weighted by atomic mass is 10.1. The zero-order valence-corrected chi connectivity index (χ0v) is 17.5. The maximum Gasteiger partial charge on any atom is 0.230 e. The van der Waals surface area contributed by atoms with E-state index in [0.29, 0.717) is 21.8 Å². The van der Waals surface area contributed by atoms with Gasteiger partial charge in [0.1, 0.15) is 0 Å². The van der Waals surface area contributed by atoms with Crippen molar-refractivity contribution in [2.24, 2.45) is 7.05 Å². The summed E-state index contributed by atoms with van der Waals surface area (Å²) in [5.41, 5.74) is 2.11. The van der Waals surface area contributed by atoms with Crippen LogP contribution in [0.15, 0.2) is 59.8 Å². The minimum absolute atomic E-state index is 0.00662. The van der Waals surface area contributed by atoms with Crippen molar-refractivity contribution in [3.8, 4) is 11.4 Å². The van der Waals surface area contributed by atoms with Crippen molar-refractivity contribution in [3.63, 3.8) is 0 Å². The summed E-state index contributed by atoms with van der Waals surface area (Å²) in [5.74, 6) is 0.974. The number of amides is 1. The van der Waals surface area contributed by atoms with Crippen molar-refractivity contribution in [3.05, 3.63) is 65.2 Å². The highest BCUT2D eigenvalue weighted by atomic mass is 35.5. The van der Waals surface area contributed by atoms with Crippen LogP contribution in [-0.4, -0.2) is 32.5 Å². The number of carbonyl (C=O) groups excluding carboxylic acids is 1. The standard InChI is InChI=1S/C21H23ClN4OS/c1-15(12-13-16-8-4-3-5-9-16)23-19(27)14-28-21-25-24-20(26(21)2)17-10-6-7-11-18(17)22/h3-11,15H,12-14H2,1-2H3,(H,23,27)/t15-/m0/s1. The van der Waals surface area contributed by atoms with Crippen molar-refractivity contribution >= 4 is 29.3 Å². The molecule has 0 aliphatic heterocycles. The molecule has 1 atom stereocenters. The summed E-state index contributed by atoms with van der Waals surface area (Å²) in [7, 11) is 1.88. The Bertz CT molecular complexity index is 929. The maximum atomic E-state index is 12.3. The summed E-state index contributed by atoms with van der Waals surface area (Å²) in [6.45, 7) is 2.03. The van der Waals surface area contributed by atoms with Gasteiger partial charge in [0, 0.05) is 18.7 Å². The summed E-state index contributed by atoms with van der Waals surface area (Å²) >= 11 is 7.61. The fourth-order valence-electron chi connectivity index (χ4n) is 2.86. The molecule has 0 fully saturated rings. The van der Waals surface area contributed by atoms with E-state index in [2.05, 4.69) is 27.6 Å². The fourth-order valence-corrected chi connectivity index (χ4v) is 3.81. The van der Waals surface area contributed by atoms with Crippen LogP contribution >= 0.6 is 23.4 Å². The maximum absolute atomic E-state index is 12.3. The third kappa shape index (κ3) is 5.36. The molecule has 28 heavy (non-hydrogen) atoms. The van der Waals surface area contributed by atoms with E-state index in [1.54, 1.807) is 0 Å². The summed E-state index contributed by atoms with van der Waals surface area (Å²) in [6.07, 6.45) is 1.85. The molecule has 0 saturated heterocycles. The molecular weight excluding hydrogens is 392 g/mol. The average molecular weight is 415 g/mol. The van der Waals surface area contributed by atoms with Crippen molar-refractivity contribution in [1.29, 1.82) is 0 Å². The van der Waals surface area contributed by atoms with Crippen LogP contribution in [-0.2, 0) is 18.3 Å². The van der Waals surface area contributed by atoms with Gasteiger partial charge in [0.05, 0.1) is 10.8 Å². The Labute approximate surface area is 174 Å². The second-order valence-electron chi connectivity index (χ2n) is 6.63. The van der Waals surface area contributed by atoms with Gasteiger partial charge >= 0.3 is 0 Å². The minimum Gasteiger partial charge on any atom is -0.353 e. The SMILES string of the molecule is C[C@@H](CCc1ccccc1)NC(=O)CSc1nnc(-c2ccccc2Cl)n1C. The van der Waals surface area contributed by atoms with E-state index in [1.807, 2.05) is 61.0 Å². The molecule has 1 aromatic heterocycles. The van der Waals surface area contributed by atoms with Gasteiger partial charge in [0.2, 0.25) is 5.91 Å². The molecule has 3 rings (SSSR count). The number of aromatic nitrogens is 3. The van der Waals surface area contributed by atoms with Crippen molar-refractivity contribution < 1.29 is 4.79 Å². The average Bonchev–Trinajstić information content (AvgIpc) is 3.06. The second kappa shape index (κ2) is 9.75. The first-order chi connectivity index (χ1) is 13.5. The lowest BCUT2D eigenvalue weighted by Crippen LogP contribution is -2.34. The quantitative estimate of drug-likeness (QED) is 0.556. The molecule has 5 nitrogen and oxygen atoms in total. The van der Waals surface area contributed by atoms with E-state index in [9.17, 15) is 4.79 Å². The molecule has 0 unspecified atom stereocenters. The van der Waals surface area contributed by atoms with Gasteiger partial charge in [0.25, 0.3) is 0 Å². The van der Waals surface area contributed by atoms with Gasteiger partial charge < -0.3 is 9.88 Å². The zero-order chi connectivity index (χ0) is 19.9. The number of hydrogen-bond donors (Lipinski definition) is 1. The number of aryl methyl sites for hydroxylation is 1. The van der Waals surface area contributed by atoms with Crippen LogP contribution in [0.25, 0.3) is 11.4 Å². The van der Waals surface area contributed by atoms with Gasteiger partial charge in [0.15, 0.2) is 11.0 Å². The lowest BCUT2D eigenvalue weighted by molar-refractivity contribution is -0.119. The molecule has 1 N–H and O–H groups in total. The molecule has 0 aliphatic carbocycles. The molecule has 0 spiro atoms. The number of benzene rings is 2. The number of carbonyl (C=O) groups is 1. The Hall–Kier alpha value is -2.31. The molecule has 146 valence electrons. The second-order valence-corrected chi connectivity index (χ2v) is 7.98. The molecule has 7 heteroatoms. The van der Waals surface area contributed by atoms with Crippen LogP contribution < -0.4 is 5.32 Å². The Balaban J connectivity index is 1.50. The Morgan fingerprint density at radius 1 is 1.14 bits per heavy atom. The predicted octanol–water partition coefficient (Wildman–Crippen LogP) is 4.37. The largest absolute Gasteiger partial charge is 0.353 e. The van der Waals surface area contributed by atoms with Gasteiger partial charge in [-0.05, 0) is 37.5 Å². The summed E-state index contributed by atoms with van der Waals surface area (Å²) in [5, 5.41) is 12.8.